The van der Waals surface area contributed by atoms with Crippen LogP contribution in [0.4, 0.5) is 11.4 Å². The molecule has 1 fully saturated rings. The summed E-state index contributed by atoms with van der Waals surface area (Å²) in [5.74, 6) is -1.29. The van der Waals surface area contributed by atoms with Crippen LogP contribution in [0.2, 0.25) is 5.02 Å². The predicted molar refractivity (Wildman–Crippen MR) is 98.2 cm³/mol. The molecule has 0 aromatic heterocycles. The van der Waals surface area contributed by atoms with E-state index in [0.29, 0.717) is 16.4 Å². The fraction of sp³-hybridized carbons (Fsp3) is 0.167. The van der Waals surface area contributed by atoms with Gasteiger partial charge in [-0.25, -0.2) is 4.90 Å². The van der Waals surface area contributed by atoms with Crippen molar-refractivity contribution in [3.8, 4) is 0 Å². The number of halogens is 1. The van der Waals surface area contributed by atoms with E-state index in [1.54, 1.807) is 48.5 Å². The van der Waals surface area contributed by atoms with Crippen LogP contribution in [0.25, 0.3) is 0 Å². The number of nitrogens with zero attached hydrogens (tertiary/aromatic N) is 4. The third-order valence-corrected chi connectivity index (χ3v) is 4.56. The van der Waals surface area contributed by atoms with Gasteiger partial charge >= 0.3 is 0 Å². The van der Waals surface area contributed by atoms with Gasteiger partial charge in [-0.1, -0.05) is 35.0 Å². The van der Waals surface area contributed by atoms with Crippen molar-refractivity contribution in [1.82, 2.24) is 5.01 Å². The van der Waals surface area contributed by atoms with Gasteiger partial charge in [0.1, 0.15) is 6.54 Å². The van der Waals surface area contributed by atoms with Crippen LogP contribution in [0.5, 0.6) is 0 Å². The summed E-state index contributed by atoms with van der Waals surface area (Å²) in [4.78, 5) is 38.7. The van der Waals surface area contributed by atoms with Crippen LogP contribution in [-0.4, -0.2) is 41.4 Å². The van der Waals surface area contributed by atoms with Gasteiger partial charge < -0.3 is 5.32 Å². The molecule has 0 aliphatic carbocycles. The highest BCUT2D eigenvalue weighted by Gasteiger charge is 2.55. The van der Waals surface area contributed by atoms with Crippen molar-refractivity contribution in [2.75, 3.05) is 16.8 Å². The lowest BCUT2D eigenvalue weighted by Crippen LogP contribution is -2.43. The van der Waals surface area contributed by atoms with E-state index in [4.69, 9.17) is 11.6 Å². The normalized spacial score (nSPS) is 20.9. The Bertz CT molecular complexity index is 932. The first-order valence-corrected chi connectivity index (χ1v) is 8.58. The molecule has 0 spiro atoms. The molecule has 2 aliphatic heterocycles. The second kappa shape index (κ2) is 6.81. The maximum atomic E-state index is 12.8. The number of fused-ring (bicyclic) bond motifs is 1. The monoisotopic (exact) mass is 383 g/mol. The Morgan fingerprint density at radius 2 is 1.74 bits per heavy atom. The van der Waals surface area contributed by atoms with Crippen LogP contribution < -0.4 is 10.2 Å². The number of imide groups is 1. The molecular formula is C18H14ClN5O3. The van der Waals surface area contributed by atoms with Gasteiger partial charge in [-0.05, 0) is 36.4 Å². The van der Waals surface area contributed by atoms with Gasteiger partial charge in [-0.3, -0.25) is 19.4 Å². The number of carbonyl (C=O) groups is 3. The van der Waals surface area contributed by atoms with E-state index in [2.05, 4.69) is 15.7 Å². The summed E-state index contributed by atoms with van der Waals surface area (Å²) >= 11 is 5.86. The molecule has 2 unspecified atom stereocenters. The molecule has 4 rings (SSSR count). The highest BCUT2D eigenvalue weighted by Crippen LogP contribution is 2.32. The van der Waals surface area contributed by atoms with Crippen molar-refractivity contribution in [3.63, 3.8) is 0 Å². The molecule has 8 nitrogen and oxygen atoms in total. The topological polar surface area (TPSA) is 94.4 Å². The van der Waals surface area contributed by atoms with Gasteiger partial charge in [0.15, 0.2) is 12.1 Å². The number of benzene rings is 2. The zero-order valence-electron chi connectivity index (χ0n) is 13.9. The molecule has 0 radical (unpaired) electrons. The molecule has 9 heteroatoms. The Morgan fingerprint density at radius 1 is 1.04 bits per heavy atom. The zero-order valence-corrected chi connectivity index (χ0v) is 14.7. The van der Waals surface area contributed by atoms with Gasteiger partial charge in [-0.15, -0.1) is 0 Å². The molecule has 2 heterocycles. The Morgan fingerprint density at radius 3 is 2.44 bits per heavy atom. The molecule has 1 N–H and O–H groups in total. The molecule has 3 amide bonds. The van der Waals surface area contributed by atoms with Crippen LogP contribution >= 0.6 is 11.6 Å². The van der Waals surface area contributed by atoms with Crippen molar-refractivity contribution in [2.45, 2.75) is 12.1 Å². The van der Waals surface area contributed by atoms with Gasteiger partial charge in [0.2, 0.25) is 5.91 Å². The molecule has 2 atom stereocenters. The standard InChI is InChI=1S/C18H14ClN5O3/c19-11-6-8-13(9-7-11)24-17(26)15-16(18(24)27)23(22-21-15)10-14(25)20-12-4-2-1-3-5-12/h1-9,15-16H,10H2,(H,20,25). The average Bonchev–Trinajstić information content (AvgIpc) is 3.17. The number of anilines is 2. The average molecular weight is 384 g/mol. The Labute approximate surface area is 159 Å². The second-order valence-corrected chi connectivity index (χ2v) is 6.53. The van der Waals surface area contributed by atoms with E-state index in [1.807, 2.05) is 6.07 Å². The number of hydrogen-bond acceptors (Lipinski definition) is 6. The lowest BCUT2D eigenvalue weighted by Gasteiger charge is -2.20. The summed E-state index contributed by atoms with van der Waals surface area (Å²) in [6, 6.07) is 13.4. The minimum atomic E-state index is -0.947. The van der Waals surface area contributed by atoms with E-state index in [0.717, 1.165) is 4.90 Å². The largest absolute Gasteiger partial charge is 0.324 e. The van der Waals surface area contributed by atoms with Crippen molar-refractivity contribution in [1.29, 1.82) is 0 Å². The summed E-state index contributed by atoms with van der Waals surface area (Å²) in [5.41, 5.74) is 1.04. The minimum Gasteiger partial charge on any atom is -0.324 e. The number of hydrogen-bond donors (Lipinski definition) is 1. The molecule has 2 aromatic rings. The van der Waals surface area contributed by atoms with Crippen molar-refractivity contribution < 1.29 is 14.4 Å². The van der Waals surface area contributed by atoms with Crippen LogP contribution in [0.15, 0.2) is 64.9 Å². The Balaban J connectivity index is 1.49. The molecule has 1 saturated heterocycles. The number of nitrogens with one attached hydrogen (secondary N) is 1. The van der Waals surface area contributed by atoms with Crippen LogP contribution in [0, 0.1) is 0 Å². The summed E-state index contributed by atoms with van der Waals surface area (Å²) in [6.45, 7) is -0.187. The molecule has 0 bridgehead atoms. The highest BCUT2D eigenvalue weighted by atomic mass is 35.5. The van der Waals surface area contributed by atoms with Gasteiger partial charge in [0.05, 0.1) is 5.69 Å². The maximum Gasteiger partial charge on any atom is 0.263 e. The number of amides is 3. The Hall–Kier alpha value is -3.26. The van der Waals surface area contributed by atoms with E-state index in [-0.39, 0.29) is 12.5 Å². The lowest BCUT2D eigenvalue weighted by atomic mass is 10.1. The van der Waals surface area contributed by atoms with Crippen molar-refractivity contribution in [2.24, 2.45) is 10.3 Å². The van der Waals surface area contributed by atoms with Gasteiger partial charge in [-0.2, -0.15) is 5.11 Å². The van der Waals surface area contributed by atoms with E-state index in [1.165, 1.54) is 5.01 Å². The molecule has 136 valence electrons. The van der Waals surface area contributed by atoms with Gasteiger partial charge in [0, 0.05) is 10.7 Å². The lowest BCUT2D eigenvalue weighted by molar-refractivity contribution is -0.123. The summed E-state index contributed by atoms with van der Waals surface area (Å²) < 4.78 is 0. The molecule has 0 saturated carbocycles. The summed E-state index contributed by atoms with van der Waals surface area (Å²) in [5, 5.41) is 12.2. The molecule has 27 heavy (non-hydrogen) atoms. The summed E-state index contributed by atoms with van der Waals surface area (Å²) in [6.07, 6.45) is 0. The molecular weight excluding hydrogens is 370 g/mol. The fourth-order valence-corrected chi connectivity index (χ4v) is 3.19. The number of para-hydroxylation sites is 1. The number of rotatable bonds is 4. The van der Waals surface area contributed by atoms with Crippen LogP contribution in [0.1, 0.15) is 0 Å². The van der Waals surface area contributed by atoms with E-state index in [9.17, 15) is 14.4 Å². The molecule has 2 aromatic carbocycles. The van der Waals surface area contributed by atoms with E-state index >= 15 is 0 Å². The quantitative estimate of drug-likeness (QED) is 0.819. The van der Waals surface area contributed by atoms with Crippen LogP contribution in [-0.2, 0) is 14.4 Å². The first-order valence-electron chi connectivity index (χ1n) is 8.20. The number of carbonyl (C=O) groups excluding carboxylic acids is 3. The molecule has 2 aliphatic rings. The SMILES string of the molecule is O=C(CN1N=NC2C(=O)N(c3ccc(Cl)cc3)C(=O)C21)Nc1ccccc1. The summed E-state index contributed by atoms with van der Waals surface area (Å²) in [7, 11) is 0. The first kappa shape index (κ1) is 17.2. The van der Waals surface area contributed by atoms with Crippen molar-refractivity contribution in [3.05, 3.63) is 59.6 Å². The van der Waals surface area contributed by atoms with E-state index < -0.39 is 23.9 Å². The second-order valence-electron chi connectivity index (χ2n) is 6.09. The zero-order chi connectivity index (χ0) is 19.0. The fourth-order valence-electron chi connectivity index (χ4n) is 3.07. The smallest absolute Gasteiger partial charge is 0.263 e. The highest BCUT2D eigenvalue weighted by molar-refractivity contribution is 6.31. The third-order valence-electron chi connectivity index (χ3n) is 4.31. The van der Waals surface area contributed by atoms with Crippen LogP contribution in [0.3, 0.4) is 0 Å². The maximum absolute atomic E-state index is 12.8. The predicted octanol–water partition coefficient (Wildman–Crippen LogP) is 2.27. The van der Waals surface area contributed by atoms with Gasteiger partial charge in [0.25, 0.3) is 11.8 Å². The minimum absolute atomic E-state index is 0.187. The van der Waals surface area contributed by atoms with Crippen molar-refractivity contribution >= 4 is 40.7 Å². The Kier molecular flexibility index (Phi) is 4.33. The first-order chi connectivity index (χ1) is 13.0. The third kappa shape index (κ3) is 3.15.